The Balaban J connectivity index is 2.08. The molecule has 0 amide bonds. The number of aryl methyl sites for hydroxylation is 2. The first-order chi connectivity index (χ1) is 10.0. The van der Waals surface area contributed by atoms with E-state index in [0.717, 1.165) is 41.3 Å². The Labute approximate surface area is 127 Å². The number of nitrogens with zero attached hydrogens (tertiary/aromatic N) is 4. The number of rotatable bonds is 6. The van der Waals surface area contributed by atoms with Crippen molar-refractivity contribution in [2.75, 3.05) is 5.75 Å². The summed E-state index contributed by atoms with van der Waals surface area (Å²) in [7, 11) is 1.94. The van der Waals surface area contributed by atoms with E-state index in [1.807, 2.05) is 11.7 Å². The predicted octanol–water partition coefficient (Wildman–Crippen LogP) is 2.48. The zero-order valence-electron chi connectivity index (χ0n) is 12.5. The van der Waals surface area contributed by atoms with E-state index < -0.39 is 5.97 Å². The molecule has 1 N–H and O–H groups in total. The lowest BCUT2D eigenvalue weighted by Crippen LogP contribution is -2.06. The molecule has 114 valence electrons. The van der Waals surface area contributed by atoms with Gasteiger partial charge in [-0.25, -0.2) is 4.98 Å². The first kappa shape index (κ1) is 14.4. The highest BCUT2D eigenvalue weighted by molar-refractivity contribution is 7.99. The first-order valence-corrected chi connectivity index (χ1v) is 8.29. The molecule has 1 saturated carbocycles. The summed E-state index contributed by atoms with van der Waals surface area (Å²) in [6.45, 7) is 4.34. The normalized spacial score (nSPS) is 21.1. The molecule has 2 aromatic heterocycles. The summed E-state index contributed by atoms with van der Waals surface area (Å²) in [5.41, 5.74) is 2.98. The fraction of sp³-hybridized carbons (Fsp3) is 0.643. The largest absolute Gasteiger partial charge is 0.481 e. The second-order valence-corrected chi connectivity index (χ2v) is 6.66. The number of carboxylic acids is 1. The van der Waals surface area contributed by atoms with Crippen molar-refractivity contribution in [2.24, 2.45) is 13.0 Å². The standard InChI is InChI=1S/C14H20N4O2S/c1-4-5-9-12-13(17(3)16-9)18(10-6-8(10)2)14(15-12)21-7-11(19)20/h8,10H,4-7H2,1-3H3,(H,19,20). The van der Waals surface area contributed by atoms with Gasteiger partial charge in [-0.1, -0.05) is 32.0 Å². The Morgan fingerprint density at radius 3 is 2.81 bits per heavy atom. The highest BCUT2D eigenvalue weighted by atomic mass is 32.2. The number of imidazole rings is 1. The molecule has 0 spiro atoms. The van der Waals surface area contributed by atoms with Crippen LogP contribution in [0, 0.1) is 5.92 Å². The Hall–Kier alpha value is -1.50. The van der Waals surface area contributed by atoms with Gasteiger partial charge in [-0.15, -0.1) is 0 Å². The lowest BCUT2D eigenvalue weighted by atomic mass is 10.2. The summed E-state index contributed by atoms with van der Waals surface area (Å²) < 4.78 is 4.09. The van der Waals surface area contributed by atoms with Crippen LogP contribution >= 0.6 is 11.8 Å². The van der Waals surface area contributed by atoms with E-state index in [1.54, 1.807) is 0 Å². The van der Waals surface area contributed by atoms with Crippen LogP contribution < -0.4 is 0 Å². The minimum Gasteiger partial charge on any atom is -0.481 e. The highest BCUT2D eigenvalue weighted by Gasteiger charge is 2.38. The highest BCUT2D eigenvalue weighted by Crippen LogP contribution is 2.46. The molecule has 2 atom stereocenters. The molecule has 0 radical (unpaired) electrons. The Morgan fingerprint density at radius 2 is 2.24 bits per heavy atom. The number of fused-ring (bicyclic) bond motifs is 1. The summed E-state index contributed by atoms with van der Waals surface area (Å²) >= 11 is 1.30. The monoisotopic (exact) mass is 308 g/mol. The van der Waals surface area contributed by atoms with E-state index in [4.69, 9.17) is 10.1 Å². The van der Waals surface area contributed by atoms with E-state index in [1.165, 1.54) is 11.8 Å². The van der Waals surface area contributed by atoms with Crippen molar-refractivity contribution in [3.63, 3.8) is 0 Å². The van der Waals surface area contributed by atoms with E-state index in [2.05, 4.69) is 23.5 Å². The SMILES string of the molecule is CCCc1nn(C)c2c1nc(SCC(=O)O)n2C1CC1C. The third kappa shape index (κ3) is 2.54. The maximum absolute atomic E-state index is 10.8. The van der Waals surface area contributed by atoms with Crippen LogP contribution in [0.1, 0.15) is 38.4 Å². The van der Waals surface area contributed by atoms with Crippen LogP contribution in [0.25, 0.3) is 11.2 Å². The van der Waals surface area contributed by atoms with E-state index in [-0.39, 0.29) is 5.75 Å². The number of aromatic nitrogens is 4. The molecule has 2 unspecified atom stereocenters. The van der Waals surface area contributed by atoms with Gasteiger partial charge in [-0.05, 0) is 18.8 Å². The van der Waals surface area contributed by atoms with Crippen molar-refractivity contribution in [1.29, 1.82) is 0 Å². The third-order valence-electron chi connectivity index (χ3n) is 3.91. The van der Waals surface area contributed by atoms with Crippen molar-refractivity contribution < 1.29 is 9.90 Å². The molecular weight excluding hydrogens is 288 g/mol. The van der Waals surface area contributed by atoms with Crippen LogP contribution in [-0.4, -0.2) is 36.2 Å². The molecule has 1 aliphatic rings. The molecule has 0 saturated heterocycles. The second kappa shape index (κ2) is 5.36. The van der Waals surface area contributed by atoms with Crippen LogP contribution in [-0.2, 0) is 18.3 Å². The maximum Gasteiger partial charge on any atom is 0.313 e. The molecule has 3 rings (SSSR count). The van der Waals surface area contributed by atoms with Crippen molar-refractivity contribution in [2.45, 2.75) is 44.3 Å². The number of hydrogen-bond donors (Lipinski definition) is 1. The van der Waals surface area contributed by atoms with Crippen molar-refractivity contribution >= 4 is 28.9 Å². The van der Waals surface area contributed by atoms with E-state index >= 15 is 0 Å². The molecule has 6 nitrogen and oxygen atoms in total. The van der Waals surface area contributed by atoms with Gasteiger partial charge in [0.2, 0.25) is 0 Å². The molecule has 21 heavy (non-hydrogen) atoms. The zero-order valence-corrected chi connectivity index (χ0v) is 13.4. The molecule has 0 bridgehead atoms. The van der Waals surface area contributed by atoms with Crippen LogP contribution in [0.15, 0.2) is 5.16 Å². The van der Waals surface area contributed by atoms with Gasteiger partial charge in [0.1, 0.15) is 5.52 Å². The summed E-state index contributed by atoms with van der Waals surface area (Å²) in [6.07, 6.45) is 3.05. The molecule has 7 heteroatoms. The topological polar surface area (TPSA) is 72.9 Å². The van der Waals surface area contributed by atoms with Crippen LogP contribution in [0.4, 0.5) is 0 Å². The molecule has 1 aliphatic carbocycles. The lowest BCUT2D eigenvalue weighted by Gasteiger charge is -2.07. The fourth-order valence-corrected chi connectivity index (χ4v) is 3.55. The minimum atomic E-state index is -0.811. The Morgan fingerprint density at radius 1 is 1.52 bits per heavy atom. The van der Waals surface area contributed by atoms with Crippen LogP contribution in [0.3, 0.4) is 0 Å². The van der Waals surface area contributed by atoms with Gasteiger partial charge in [-0.3, -0.25) is 9.48 Å². The molecule has 2 heterocycles. The zero-order chi connectivity index (χ0) is 15.1. The Bertz CT molecular complexity index is 691. The van der Waals surface area contributed by atoms with Crippen molar-refractivity contribution in [3.05, 3.63) is 5.69 Å². The minimum absolute atomic E-state index is 0.0426. The van der Waals surface area contributed by atoms with E-state index in [0.29, 0.717) is 12.0 Å². The van der Waals surface area contributed by atoms with Gasteiger partial charge in [0.25, 0.3) is 0 Å². The maximum atomic E-state index is 10.8. The second-order valence-electron chi connectivity index (χ2n) is 5.72. The first-order valence-electron chi connectivity index (χ1n) is 7.31. The molecule has 2 aromatic rings. The number of carboxylic acid groups (broad SMARTS) is 1. The van der Waals surface area contributed by atoms with Gasteiger partial charge < -0.3 is 9.67 Å². The smallest absolute Gasteiger partial charge is 0.313 e. The van der Waals surface area contributed by atoms with E-state index in [9.17, 15) is 4.79 Å². The predicted molar refractivity (Wildman–Crippen MR) is 81.7 cm³/mol. The molecular formula is C14H20N4O2S. The lowest BCUT2D eigenvalue weighted by molar-refractivity contribution is -0.133. The van der Waals surface area contributed by atoms with Gasteiger partial charge in [-0.2, -0.15) is 5.10 Å². The van der Waals surface area contributed by atoms with Crippen LogP contribution in [0.2, 0.25) is 0 Å². The number of carbonyl (C=O) groups is 1. The third-order valence-corrected chi connectivity index (χ3v) is 4.85. The molecule has 1 fully saturated rings. The van der Waals surface area contributed by atoms with Crippen molar-refractivity contribution in [1.82, 2.24) is 19.3 Å². The number of hydrogen-bond acceptors (Lipinski definition) is 4. The van der Waals surface area contributed by atoms with Gasteiger partial charge in [0.05, 0.1) is 11.4 Å². The van der Waals surface area contributed by atoms with Crippen LogP contribution in [0.5, 0.6) is 0 Å². The summed E-state index contributed by atoms with van der Waals surface area (Å²) in [5.74, 6) is -0.147. The average Bonchev–Trinajstić information content (AvgIpc) is 2.90. The summed E-state index contributed by atoms with van der Waals surface area (Å²) in [5, 5.41) is 14.3. The number of thioether (sulfide) groups is 1. The number of aliphatic carboxylic acids is 1. The quantitative estimate of drug-likeness (QED) is 0.830. The average molecular weight is 308 g/mol. The molecule has 0 aromatic carbocycles. The van der Waals surface area contributed by atoms with Gasteiger partial charge in [0, 0.05) is 13.1 Å². The summed E-state index contributed by atoms with van der Waals surface area (Å²) in [4.78, 5) is 15.5. The molecule has 0 aliphatic heterocycles. The Kier molecular flexibility index (Phi) is 3.69. The van der Waals surface area contributed by atoms with Crippen molar-refractivity contribution in [3.8, 4) is 0 Å². The van der Waals surface area contributed by atoms with Gasteiger partial charge >= 0.3 is 5.97 Å². The fourth-order valence-electron chi connectivity index (χ4n) is 2.78. The summed E-state index contributed by atoms with van der Waals surface area (Å²) in [6, 6.07) is 0.427. The van der Waals surface area contributed by atoms with Gasteiger partial charge in [0.15, 0.2) is 10.8 Å².